The summed E-state index contributed by atoms with van der Waals surface area (Å²) in [5, 5.41) is 10.4. The number of amides is 1. The largest absolute Gasteiger partial charge is 0.461 e. The predicted octanol–water partition coefficient (Wildman–Crippen LogP) is 7.14. The third kappa shape index (κ3) is 6.32. The molecule has 4 aromatic rings. The number of carbonyl (C=O) groups is 1. The average Bonchev–Trinajstić information content (AvgIpc) is 3.62. The zero-order valence-corrected chi connectivity index (χ0v) is 29.2. The zero-order chi connectivity index (χ0) is 36.9. The van der Waals surface area contributed by atoms with E-state index in [9.17, 15) is 18.8 Å². The summed E-state index contributed by atoms with van der Waals surface area (Å²) in [6.45, 7) is 6.76. The first-order valence-corrected chi connectivity index (χ1v) is 17.3. The molecule has 7 rings (SSSR count). The van der Waals surface area contributed by atoms with Crippen LogP contribution in [-0.4, -0.2) is 88.5 Å². The van der Waals surface area contributed by atoms with Crippen molar-refractivity contribution in [1.82, 2.24) is 19.8 Å². The van der Waals surface area contributed by atoms with Crippen LogP contribution in [0, 0.1) is 41.1 Å². The zero-order valence-electron chi connectivity index (χ0n) is 29.2. The number of ether oxygens (including phenoxy) is 2. The van der Waals surface area contributed by atoms with Gasteiger partial charge >= 0.3 is 12.1 Å². The van der Waals surface area contributed by atoms with E-state index in [1.54, 1.807) is 37.8 Å². The number of terminal acetylenes is 1. The number of fused-ring (bicyclic) bond motifs is 3. The van der Waals surface area contributed by atoms with Gasteiger partial charge in [0.2, 0.25) is 0 Å². The Labute approximate surface area is 299 Å². The molecule has 52 heavy (non-hydrogen) atoms. The highest BCUT2D eigenvalue weighted by Gasteiger charge is 2.49. The van der Waals surface area contributed by atoms with Crippen LogP contribution in [0.3, 0.4) is 0 Å². The maximum Gasteiger partial charge on any atom is 0.410 e. The number of piperazine rings is 1. The molecule has 3 aromatic carbocycles. The molecular weight excluding hydrogens is 676 g/mol. The van der Waals surface area contributed by atoms with Gasteiger partial charge in [0, 0.05) is 43.4 Å². The number of alkyl halides is 1. The molecule has 0 spiro atoms. The van der Waals surface area contributed by atoms with Gasteiger partial charge in [-0.25, -0.2) is 22.4 Å². The number of anilines is 1. The fourth-order valence-electron chi connectivity index (χ4n) is 7.95. The molecule has 3 aliphatic heterocycles. The normalized spacial score (nSPS) is 22.0. The standard InChI is InChI=1S/C39H38F4N6O3/c1-5-26-29(41)11-10-23-8-6-9-27(31(23)26)32-30(42)18-28-34(33(32)43)45-36(51-22-39-13-7-15-48(39)20-24(40)19-39)46-35(28)47-16-17-49(25(21-47)12-14-44)37(50)52-38(2,3)4/h1,6,8-11,18,24-25H,7,12-13,15-17,19-22H2,2-4H3/t24-,25+,39+/m1/s1. The fourth-order valence-corrected chi connectivity index (χ4v) is 7.95. The Kier molecular flexibility index (Phi) is 9.12. The summed E-state index contributed by atoms with van der Waals surface area (Å²) in [7, 11) is 0. The first-order chi connectivity index (χ1) is 24.8. The van der Waals surface area contributed by atoms with E-state index in [-0.39, 0.29) is 78.3 Å². The minimum atomic E-state index is -1.03. The molecule has 0 radical (unpaired) electrons. The number of rotatable bonds is 6. The smallest absolute Gasteiger partial charge is 0.410 e. The molecule has 3 saturated heterocycles. The van der Waals surface area contributed by atoms with Crippen molar-refractivity contribution in [1.29, 1.82) is 5.26 Å². The molecule has 3 fully saturated rings. The van der Waals surface area contributed by atoms with Crippen molar-refractivity contribution in [2.75, 3.05) is 44.2 Å². The topological polar surface area (TPSA) is 94.8 Å². The first kappa shape index (κ1) is 35.3. The van der Waals surface area contributed by atoms with E-state index in [0.717, 1.165) is 25.5 Å². The van der Waals surface area contributed by atoms with Crippen LogP contribution >= 0.6 is 0 Å². The fraction of sp³-hybridized carbons (Fsp3) is 0.436. The minimum absolute atomic E-state index is 0.0291. The Morgan fingerprint density at radius 1 is 1.10 bits per heavy atom. The van der Waals surface area contributed by atoms with Crippen LogP contribution in [0.25, 0.3) is 32.8 Å². The van der Waals surface area contributed by atoms with Gasteiger partial charge in [-0.05, 0) is 63.2 Å². The van der Waals surface area contributed by atoms with Crippen LogP contribution in [0.15, 0.2) is 36.4 Å². The number of benzene rings is 3. The van der Waals surface area contributed by atoms with E-state index in [0.29, 0.717) is 11.9 Å². The second-order valence-electron chi connectivity index (χ2n) is 14.7. The summed E-state index contributed by atoms with van der Waals surface area (Å²) in [6, 6.07) is 9.87. The van der Waals surface area contributed by atoms with Crippen molar-refractivity contribution in [2.24, 2.45) is 0 Å². The summed E-state index contributed by atoms with van der Waals surface area (Å²) < 4.78 is 74.7. The van der Waals surface area contributed by atoms with Gasteiger partial charge in [0.25, 0.3) is 0 Å². The number of nitrogens with zero attached hydrogens (tertiary/aromatic N) is 6. The molecule has 4 heterocycles. The van der Waals surface area contributed by atoms with Crippen molar-refractivity contribution in [2.45, 2.75) is 69.8 Å². The van der Waals surface area contributed by atoms with Crippen LogP contribution in [0.5, 0.6) is 6.01 Å². The van der Waals surface area contributed by atoms with Gasteiger partial charge in [-0.3, -0.25) is 4.90 Å². The lowest BCUT2D eigenvalue weighted by Crippen LogP contribution is -2.56. The van der Waals surface area contributed by atoms with Gasteiger partial charge < -0.3 is 19.3 Å². The molecule has 0 N–H and O–H groups in total. The molecule has 13 heteroatoms. The van der Waals surface area contributed by atoms with Crippen LogP contribution in [0.4, 0.5) is 28.2 Å². The maximum absolute atomic E-state index is 17.0. The van der Waals surface area contributed by atoms with Crippen molar-refractivity contribution in [3.05, 3.63) is 59.4 Å². The molecule has 1 amide bonds. The molecule has 1 aromatic heterocycles. The van der Waals surface area contributed by atoms with Crippen LogP contribution < -0.4 is 9.64 Å². The number of halogens is 4. The lowest BCUT2D eigenvalue weighted by Gasteiger charge is -2.41. The third-order valence-corrected chi connectivity index (χ3v) is 10.2. The van der Waals surface area contributed by atoms with E-state index >= 15 is 8.78 Å². The second kappa shape index (κ2) is 13.4. The maximum atomic E-state index is 17.0. The Morgan fingerprint density at radius 2 is 1.90 bits per heavy atom. The highest BCUT2D eigenvalue weighted by molar-refractivity contribution is 6.03. The van der Waals surface area contributed by atoms with Gasteiger partial charge in [-0.1, -0.05) is 30.2 Å². The molecule has 0 aliphatic carbocycles. The summed E-state index contributed by atoms with van der Waals surface area (Å²) >= 11 is 0. The Hall–Kier alpha value is -5.14. The highest BCUT2D eigenvalue weighted by Crippen LogP contribution is 2.42. The van der Waals surface area contributed by atoms with Crippen LogP contribution in [0.1, 0.15) is 52.0 Å². The number of aromatic nitrogens is 2. The summed E-state index contributed by atoms with van der Waals surface area (Å²) in [4.78, 5) is 27.5. The molecule has 3 atom stereocenters. The highest BCUT2D eigenvalue weighted by atomic mass is 19.1. The summed E-state index contributed by atoms with van der Waals surface area (Å²) in [5.41, 5.74) is -2.11. The quantitative estimate of drug-likeness (QED) is 0.154. The van der Waals surface area contributed by atoms with Gasteiger partial charge in [0.1, 0.15) is 41.3 Å². The lowest BCUT2D eigenvalue weighted by atomic mass is 9.93. The molecule has 9 nitrogen and oxygen atoms in total. The van der Waals surface area contributed by atoms with E-state index in [1.165, 1.54) is 23.1 Å². The third-order valence-electron chi connectivity index (χ3n) is 10.2. The van der Waals surface area contributed by atoms with Crippen LogP contribution in [0.2, 0.25) is 0 Å². The number of nitriles is 1. The van der Waals surface area contributed by atoms with Gasteiger partial charge in [-0.2, -0.15) is 15.2 Å². The monoisotopic (exact) mass is 714 g/mol. The van der Waals surface area contributed by atoms with Crippen molar-refractivity contribution in [3.8, 4) is 35.6 Å². The number of hydrogen-bond acceptors (Lipinski definition) is 8. The molecular formula is C39H38F4N6O3. The first-order valence-electron chi connectivity index (χ1n) is 17.3. The van der Waals surface area contributed by atoms with Crippen molar-refractivity contribution < 1.29 is 31.8 Å². The second-order valence-corrected chi connectivity index (χ2v) is 14.7. The summed E-state index contributed by atoms with van der Waals surface area (Å²) in [5.74, 6) is -0.227. The van der Waals surface area contributed by atoms with Crippen molar-refractivity contribution in [3.63, 3.8) is 0 Å². The predicted molar refractivity (Wildman–Crippen MR) is 188 cm³/mol. The Balaban J connectivity index is 1.35. The SMILES string of the molecule is C#Cc1c(F)ccc2cccc(-c3c(F)cc4c(N5CCN(C(=O)OC(C)(C)C)[C@@H](CC#N)C5)nc(OC[C@@]56CCCN5C[C@H](F)C6)nc4c3F)c12. The lowest BCUT2D eigenvalue weighted by molar-refractivity contribution is 0.0145. The molecule has 0 saturated carbocycles. The molecule has 270 valence electrons. The van der Waals surface area contributed by atoms with Crippen molar-refractivity contribution >= 4 is 33.6 Å². The Bertz CT molecular complexity index is 2160. The number of carbonyl (C=O) groups excluding carboxylic acids is 1. The van der Waals surface area contributed by atoms with Crippen LogP contribution in [-0.2, 0) is 4.74 Å². The number of hydrogen-bond donors (Lipinski definition) is 0. The van der Waals surface area contributed by atoms with Gasteiger partial charge in [-0.15, -0.1) is 6.42 Å². The molecule has 0 bridgehead atoms. The van der Waals surface area contributed by atoms with Gasteiger partial charge in [0.15, 0.2) is 5.82 Å². The average molecular weight is 715 g/mol. The molecule has 0 unspecified atom stereocenters. The van der Waals surface area contributed by atoms with Gasteiger partial charge in [0.05, 0.1) is 35.2 Å². The summed E-state index contributed by atoms with van der Waals surface area (Å²) in [6.07, 6.45) is 5.94. The van der Waals surface area contributed by atoms with E-state index < -0.39 is 52.5 Å². The molecule has 3 aliphatic rings. The van der Waals surface area contributed by atoms with E-state index in [1.807, 2.05) is 0 Å². The Morgan fingerprint density at radius 3 is 2.65 bits per heavy atom. The minimum Gasteiger partial charge on any atom is -0.461 e. The van der Waals surface area contributed by atoms with E-state index in [2.05, 4.69) is 26.9 Å². The van der Waals surface area contributed by atoms with E-state index in [4.69, 9.17) is 15.9 Å².